The first-order valence-electron chi connectivity index (χ1n) is 44.9. The van der Waals surface area contributed by atoms with E-state index in [9.17, 15) is 0 Å². The van der Waals surface area contributed by atoms with Crippen molar-refractivity contribution in [1.29, 1.82) is 0 Å². The summed E-state index contributed by atoms with van der Waals surface area (Å²) >= 11 is 0. The van der Waals surface area contributed by atoms with Gasteiger partial charge in [-0.3, -0.25) is 4.98 Å². The van der Waals surface area contributed by atoms with Crippen molar-refractivity contribution in [2.75, 3.05) is 0 Å². The van der Waals surface area contributed by atoms with Gasteiger partial charge in [0.1, 0.15) is 0 Å². The molecule has 19 aromatic rings. The molecule has 0 unspecified atom stereocenters. The van der Waals surface area contributed by atoms with E-state index < -0.39 is 0 Å². The Bertz CT molecular complexity index is 6380. The fourth-order valence-electron chi connectivity index (χ4n) is 13.6. The topological polar surface area (TPSA) is 116 Å². The summed E-state index contributed by atoms with van der Waals surface area (Å²) in [5, 5.41) is 0. The summed E-state index contributed by atoms with van der Waals surface area (Å²) in [6, 6.07) is 146. The minimum Gasteiger partial charge on any atom is -0.318 e. The van der Waals surface area contributed by atoms with Gasteiger partial charge in [-0.2, -0.15) is 12.1 Å². The second kappa shape index (κ2) is 56.0. The van der Waals surface area contributed by atoms with Gasteiger partial charge in [-0.15, -0.1) is 256 Å². The molecule has 10 aromatic carbocycles. The fourth-order valence-corrected chi connectivity index (χ4v) is 13.6. The van der Waals surface area contributed by atoms with Crippen LogP contribution >= 0.6 is 0 Å². The van der Waals surface area contributed by atoms with Crippen LogP contribution in [0.2, 0.25) is 0 Å². The quantitative estimate of drug-likeness (QED) is 0.104. The number of aromatic nitrogens is 9. The summed E-state index contributed by atoms with van der Waals surface area (Å²) in [5.74, 6) is 0.677. The molecule has 19 rings (SSSR count). The van der Waals surface area contributed by atoms with E-state index in [2.05, 4.69) is 345 Å². The van der Waals surface area contributed by atoms with Crippen molar-refractivity contribution < 1.29 is 80.4 Å². The van der Waals surface area contributed by atoms with Crippen LogP contribution in [-0.2, 0) is 103 Å². The third-order valence-electron chi connectivity index (χ3n) is 21.1. The molecule has 0 aliphatic rings. The van der Waals surface area contributed by atoms with Gasteiger partial charge in [-0.05, 0) is 187 Å². The van der Waals surface area contributed by atoms with E-state index in [0.29, 0.717) is 5.92 Å². The monoisotopic (exact) mass is 2500 g/mol. The Kier molecular flexibility index (Phi) is 44.7. The third-order valence-corrected chi connectivity index (χ3v) is 21.1. The van der Waals surface area contributed by atoms with Gasteiger partial charge in [-0.1, -0.05) is 246 Å². The standard InChI is InChI=1S/2C21H20N.C18H14N.2C15H16N.2C12H10N.C10H7N2.4Ir/c2*1-21(2,3)19-12-13-22-20(15-19)18-11-7-10-17(14-18)16-8-5-4-6-9-16;1-14-10-11-18(19-13-14)17-9-5-8-16(12-17)15-6-3-2-4-7-15;1-15(2,3)13-9-10-16-14(11-13)12-7-5-4-6-8-12;1-12(2)10-13-8-9-15(16-11-13)14-6-4-3-5-7-14;2*1-10-7-8-12(13-9-10)11-5-3-2-4-6-11;1-3-7-11-9(5-1)10-6-2-4-8-12-10;;;;/h2*4-10,12-15H,1-3H3;2-8,10-13H,1H3;4-7,9-11H,1-3H3;3-6,8-9,11-12H,10H2,1-2H3;2*2-5,7-9H,1H3;1-5,7-8H;;;;/q8*-1;;;;. The number of pyridine rings is 9. The Morgan fingerprint density at radius 1 is 0.219 bits per heavy atom. The molecule has 9 nitrogen and oxygen atoms in total. The molecule has 0 saturated heterocycles. The number of hydrogen-bond donors (Lipinski definition) is 0. The van der Waals surface area contributed by atoms with Gasteiger partial charge in [0.2, 0.25) is 0 Å². The molecular weight excluding hydrogens is 2380 g/mol. The number of aryl methyl sites for hydroxylation is 3. The van der Waals surface area contributed by atoms with Crippen molar-refractivity contribution in [3.63, 3.8) is 0 Å². The molecule has 9 aromatic heterocycles. The first-order valence-corrected chi connectivity index (χ1v) is 44.9. The summed E-state index contributed by atoms with van der Waals surface area (Å²) in [7, 11) is 0. The van der Waals surface area contributed by atoms with Crippen molar-refractivity contribution in [2.45, 2.75) is 120 Å². The van der Waals surface area contributed by atoms with Crippen LogP contribution < -0.4 is 0 Å². The van der Waals surface area contributed by atoms with Crippen molar-refractivity contribution in [3.05, 3.63) is 501 Å². The van der Waals surface area contributed by atoms with Gasteiger partial charge in [0.05, 0.1) is 0 Å². The van der Waals surface area contributed by atoms with Gasteiger partial charge in [0.25, 0.3) is 0 Å². The van der Waals surface area contributed by atoms with Gasteiger partial charge in [0, 0.05) is 130 Å². The van der Waals surface area contributed by atoms with E-state index in [-0.39, 0.29) is 96.7 Å². The molecule has 0 atom stereocenters. The van der Waals surface area contributed by atoms with Crippen LogP contribution in [0, 0.1) is 75.2 Å². The smallest absolute Gasteiger partial charge is 0.0192 e. The zero-order chi connectivity index (χ0) is 93.6. The molecule has 0 aliphatic heterocycles. The fraction of sp³-hybridized carbons (Fsp3) is 0.153. The summed E-state index contributed by atoms with van der Waals surface area (Å²) in [4.78, 5) is 39.3. The second-order valence-electron chi connectivity index (χ2n) is 35.4. The average Bonchev–Trinajstić information content (AvgIpc) is 0.809. The van der Waals surface area contributed by atoms with Gasteiger partial charge in [0.15, 0.2) is 0 Å². The van der Waals surface area contributed by atoms with Crippen LogP contribution in [-0.4, -0.2) is 44.9 Å². The molecule has 13 heteroatoms. The average molecular weight is 2500 g/mol. The van der Waals surface area contributed by atoms with Crippen molar-refractivity contribution in [1.82, 2.24) is 44.9 Å². The molecule has 0 N–H and O–H groups in total. The molecule has 0 saturated carbocycles. The van der Waals surface area contributed by atoms with Crippen LogP contribution in [0.4, 0.5) is 0 Å². The predicted molar refractivity (Wildman–Crippen MR) is 551 cm³/mol. The molecule has 0 spiro atoms. The van der Waals surface area contributed by atoms with Crippen LogP contribution in [0.5, 0.6) is 0 Å². The molecule has 9 heterocycles. The maximum absolute atomic E-state index is 4.53. The molecule has 0 bridgehead atoms. The predicted octanol–water partition coefficient (Wildman–Crippen LogP) is 30.8. The van der Waals surface area contributed by atoms with Gasteiger partial charge in [-0.25, -0.2) is 0 Å². The summed E-state index contributed by atoms with van der Waals surface area (Å²) in [6.07, 6.45) is 17.8. The van der Waals surface area contributed by atoms with E-state index in [1.54, 1.807) is 12.4 Å². The number of benzene rings is 10. The number of rotatable bonds is 13. The Morgan fingerprint density at radius 3 is 0.803 bits per heavy atom. The number of hydrogen-bond acceptors (Lipinski definition) is 9. The Hall–Kier alpha value is -12.9. The van der Waals surface area contributed by atoms with Crippen molar-refractivity contribution in [2.24, 2.45) is 5.92 Å². The molecule has 0 fully saturated rings. The van der Waals surface area contributed by atoms with Crippen LogP contribution in [0.15, 0.2) is 414 Å². The Labute approximate surface area is 867 Å². The van der Waals surface area contributed by atoms with Crippen LogP contribution in [0.1, 0.15) is 115 Å². The molecule has 0 amide bonds. The maximum Gasteiger partial charge on any atom is 0.0192 e. The first kappa shape index (κ1) is 109. The zero-order valence-corrected chi connectivity index (χ0v) is 89.5. The van der Waals surface area contributed by atoms with Crippen LogP contribution in [0.25, 0.3) is 124 Å². The number of nitrogens with zero attached hydrogens (tertiary/aromatic N) is 9. The van der Waals surface area contributed by atoms with E-state index >= 15 is 0 Å². The minimum absolute atomic E-state index is 0. The normalized spacial score (nSPS) is 10.4. The van der Waals surface area contributed by atoms with Gasteiger partial charge < -0.3 is 39.9 Å². The third kappa shape index (κ3) is 35.7. The summed E-state index contributed by atoms with van der Waals surface area (Å²) in [5.41, 5.74) is 32.1. The van der Waals surface area contributed by atoms with E-state index in [4.69, 9.17) is 0 Å². The summed E-state index contributed by atoms with van der Waals surface area (Å²) in [6.45, 7) is 30.5. The van der Waals surface area contributed by atoms with Gasteiger partial charge >= 0.3 is 0 Å². The molecule has 0 aliphatic carbocycles. The zero-order valence-electron chi connectivity index (χ0n) is 79.9. The van der Waals surface area contributed by atoms with Crippen molar-refractivity contribution in [3.8, 4) is 124 Å². The largest absolute Gasteiger partial charge is 0.318 e. The SMILES string of the molecule is CC(C)(C)c1ccnc(-c2[c-]ccc(-c3ccccc3)c2)c1.CC(C)(C)c1ccnc(-c2[c-]ccc(-c3ccccc3)c2)c1.CC(C)(C)c1ccnc(-c2[c-]cccc2)c1.CC(C)Cc1ccc(-c2[c-]cccc2)nc1.Cc1ccc(-c2[c-]ccc(-c3ccccc3)c2)nc1.Cc1ccc(-c2[c-]cccc2)nc1.Cc1ccc(-c2[c-]cccc2)nc1.[Ir].[Ir].[Ir].[Ir].[c-]1cccnc1-c1ccccn1. The van der Waals surface area contributed by atoms with E-state index in [1.807, 2.05) is 246 Å². The Morgan fingerprint density at radius 2 is 0.511 bits per heavy atom. The van der Waals surface area contributed by atoms with E-state index in [1.165, 1.54) is 72.3 Å². The second-order valence-corrected chi connectivity index (χ2v) is 35.4. The minimum atomic E-state index is 0. The van der Waals surface area contributed by atoms with Crippen LogP contribution in [0.3, 0.4) is 0 Å². The summed E-state index contributed by atoms with van der Waals surface area (Å²) < 4.78 is 0. The first-order chi connectivity index (χ1) is 64.4. The van der Waals surface area contributed by atoms with E-state index in [0.717, 1.165) is 96.6 Å². The maximum atomic E-state index is 4.53. The Balaban J connectivity index is 0.000000193. The molecule has 4 radical (unpaired) electrons. The molecule has 137 heavy (non-hydrogen) atoms. The molecular formula is C124H113Ir4N9-8. The van der Waals surface area contributed by atoms with Crippen molar-refractivity contribution >= 4 is 0 Å². The molecule has 698 valence electrons.